The summed E-state index contributed by atoms with van der Waals surface area (Å²) in [5.74, 6) is -0.279. The number of aryl methyl sites for hydroxylation is 1. The van der Waals surface area contributed by atoms with Crippen molar-refractivity contribution < 1.29 is 9.90 Å². The highest BCUT2D eigenvalue weighted by molar-refractivity contribution is 5.76. The lowest BCUT2D eigenvalue weighted by Crippen LogP contribution is -2.32. The molecular weight excluding hydrogens is 228 g/mol. The Balaban J connectivity index is 2.33. The molecule has 0 aromatic heterocycles. The molecule has 0 saturated heterocycles. The zero-order valence-corrected chi connectivity index (χ0v) is 10.4. The van der Waals surface area contributed by atoms with E-state index in [4.69, 9.17) is 10.4 Å². The second-order valence-corrected chi connectivity index (χ2v) is 4.80. The molecule has 0 atom stereocenters. The maximum absolute atomic E-state index is 11.0. The van der Waals surface area contributed by atoms with Crippen LogP contribution in [0.1, 0.15) is 24.0 Å². The highest BCUT2D eigenvalue weighted by Crippen LogP contribution is 2.33. The smallest absolute Gasteiger partial charge is 0.323 e. The fourth-order valence-electron chi connectivity index (χ4n) is 2.18. The number of para-hydroxylation sites is 1. The van der Waals surface area contributed by atoms with Crippen LogP contribution in [-0.2, 0) is 4.79 Å². The van der Waals surface area contributed by atoms with Gasteiger partial charge in [0.1, 0.15) is 12.6 Å². The first-order valence-electron chi connectivity index (χ1n) is 6.08. The van der Waals surface area contributed by atoms with Crippen LogP contribution < -0.4 is 4.90 Å². The van der Waals surface area contributed by atoms with Crippen molar-refractivity contribution in [2.45, 2.75) is 19.8 Å². The number of nitriles is 1. The van der Waals surface area contributed by atoms with Crippen molar-refractivity contribution in [3.05, 3.63) is 29.3 Å². The molecule has 0 spiro atoms. The molecule has 1 aromatic carbocycles. The molecule has 18 heavy (non-hydrogen) atoms. The van der Waals surface area contributed by atoms with Crippen LogP contribution in [0.2, 0.25) is 0 Å². The van der Waals surface area contributed by atoms with Crippen molar-refractivity contribution in [2.75, 3.05) is 18.0 Å². The Kier molecular flexibility index (Phi) is 3.52. The lowest BCUT2D eigenvalue weighted by molar-refractivity contribution is -0.135. The van der Waals surface area contributed by atoms with Crippen LogP contribution in [0.5, 0.6) is 0 Å². The van der Waals surface area contributed by atoms with Gasteiger partial charge in [0.15, 0.2) is 0 Å². The summed E-state index contributed by atoms with van der Waals surface area (Å²) in [5.41, 5.74) is 2.28. The predicted molar refractivity (Wildman–Crippen MR) is 68.5 cm³/mol. The Morgan fingerprint density at radius 3 is 2.83 bits per heavy atom. The predicted octanol–water partition coefficient (Wildman–Crippen LogP) is 2.17. The quantitative estimate of drug-likeness (QED) is 0.862. The van der Waals surface area contributed by atoms with Crippen LogP contribution in [0.15, 0.2) is 18.2 Å². The lowest BCUT2D eigenvalue weighted by Gasteiger charge is -2.25. The molecule has 1 aliphatic carbocycles. The summed E-state index contributed by atoms with van der Waals surface area (Å²) in [6.07, 6.45) is 2.31. The molecule has 1 saturated carbocycles. The SMILES string of the molecule is Cc1cccc(C#N)c1N(CC(=O)O)CC1CC1. The molecule has 0 bridgehead atoms. The van der Waals surface area contributed by atoms with Crippen molar-refractivity contribution >= 4 is 11.7 Å². The van der Waals surface area contributed by atoms with Crippen LogP contribution in [-0.4, -0.2) is 24.2 Å². The Hall–Kier alpha value is -2.02. The van der Waals surface area contributed by atoms with E-state index in [0.717, 1.165) is 30.6 Å². The van der Waals surface area contributed by atoms with E-state index >= 15 is 0 Å². The molecule has 0 heterocycles. The van der Waals surface area contributed by atoms with E-state index in [0.29, 0.717) is 11.5 Å². The van der Waals surface area contributed by atoms with E-state index in [1.54, 1.807) is 6.07 Å². The van der Waals surface area contributed by atoms with Crippen LogP contribution in [0.4, 0.5) is 5.69 Å². The van der Waals surface area contributed by atoms with Gasteiger partial charge < -0.3 is 10.0 Å². The maximum Gasteiger partial charge on any atom is 0.323 e. The van der Waals surface area contributed by atoms with Gasteiger partial charge >= 0.3 is 5.97 Å². The van der Waals surface area contributed by atoms with E-state index < -0.39 is 5.97 Å². The van der Waals surface area contributed by atoms with Crippen molar-refractivity contribution in [3.63, 3.8) is 0 Å². The molecule has 1 aromatic rings. The second-order valence-electron chi connectivity index (χ2n) is 4.80. The molecule has 0 aliphatic heterocycles. The van der Waals surface area contributed by atoms with Gasteiger partial charge in [0.2, 0.25) is 0 Å². The Bertz CT molecular complexity index is 501. The van der Waals surface area contributed by atoms with Crippen molar-refractivity contribution in [1.29, 1.82) is 5.26 Å². The van der Waals surface area contributed by atoms with Gasteiger partial charge in [0, 0.05) is 6.54 Å². The Labute approximate surface area is 106 Å². The lowest BCUT2D eigenvalue weighted by atomic mass is 10.1. The molecule has 1 aliphatic rings. The summed E-state index contributed by atoms with van der Waals surface area (Å²) in [6.45, 7) is 2.60. The van der Waals surface area contributed by atoms with Crippen molar-refractivity contribution in [3.8, 4) is 6.07 Å². The van der Waals surface area contributed by atoms with Gasteiger partial charge in [0.25, 0.3) is 0 Å². The first kappa shape index (κ1) is 12.4. The average Bonchev–Trinajstić information content (AvgIpc) is 3.11. The summed E-state index contributed by atoms with van der Waals surface area (Å²) >= 11 is 0. The van der Waals surface area contributed by atoms with Crippen LogP contribution in [0.3, 0.4) is 0 Å². The van der Waals surface area contributed by atoms with E-state index in [1.807, 2.05) is 24.0 Å². The zero-order valence-electron chi connectivity index (χ0n) is 10.4. The van der Waals surface area contributed by atoms with Crippen LogP contribution in [0, 0.1) is 24.2 Å². The monoisotopic (exact) mass is 244 g/mol. The highest BCUT2D eigenvalue weighted by Gasteiger charge is 2.27. The normalized spacial score (nSPS) is 14.0. The fourth-order valence-corrected chi connectivity index (χ4v) is 2.18. The number of aliphatic carboxylic acids is 1. The molecule has 2 rings (SSSR count). The first-order valence-corrected chi connectivity index (χ1v) is 6.08. The summed E-state index contributed by atoms with van der Waals surface area (Å²) in [5, 5.41) is 18.2. The van der Waals surface area contributed by atoms with Crippen molar-refractivity contribution in [2.24, 2.45) is 5.92 Å². The Morgan fingerprint density at radius 2 is 2.28 bits per heavy atom. The van der Waals surface area contributed by atoms with E-state index in [1.165, 1.54) is 0 Å². The standard InChI is InChI=1S/C14H16N2O2/c1-10-3-2-4-12(7-15)14(10)16(9-13(17)18)8-11-5-6-11/h2-4,11H,5-6,8-9H2,1H3,(H,17,18). The van der Waals surface area contributed by atoms with Gasteiger partial charge in [-0.3, -0.25) is 4.79 Å². The Morgan fingerprint density at radius 1 is 1.56 bits per heavy atom. The van der Waals surface area contributed by atoms with Crippen LogP contribution in [0.25, 0.3) is 0 Å². The number of hydrogen-bond donors (Lipinski definition) is 1. The minimum Gasteiger partial charge on any atom is -0.480 e. The minimum atomic E-state index is -0.859. The average molecular weight is 244 g/mol. The third kappa shape index (κ3) is 2.80. The number of carboxylic acid groups (broad SMARTS) is 1. The fraction of sp³-hybridized carbons (Fsp3) is 0.429. The molecule has 0 unspecified atom stereocenters. The molecule has 0 radical (unpaired) electrons. The van der Waals surface area contributed by atoms with Gasteiger partial charge in [-0.25, -0.2) is 0 Å². The largest absolute Gasteiger partial charge is 0.480 e. The molecule has 1 N–H and O–H groups in total. The van der Waals surface area contributed by atoms with E-state index in [2.05, 4.69) is 6.07 Å². The summed E-state index contributed by atoms with van der Waals surface area (Å²) in [6, 6.07) is 7.63. The molecule has 4 nitrogen and oxygen atoms in total. The van der Waals surface area contributed by atoms with E-state index in [9.17, 15) is 4.79 Å². The molecule has 1 fully saturated rings. The summed E-state index contributed by atoms with van der Waals surface area (Å²) in [4.78, 5) is 12.8. The number of benzene rings is 1. The van der Waals surface area contributed by atoms with Crippen molar-refractivity contribution in [1.82, 2.24) is 0 Å². The van der Waals surface area contributed by atoms with Gasteiger partial charge in [-0.05, 0) is 37.3 Å². The summed E-state index contributed by atoms with van der Waals surface area (Å²) in [7, 11) is 0. The van der Waals surface area contributed by atoms with Gasteiger partial charge in [-0.1, -0.05) is 12.1 Å². The number of carbonyl (C=O) groups is 1. The highest BCUT2D eigenvalue weighted by atomic mass is 16.4. The number of hydrogen-bond acceptors (Lipinski definition) is 3. The topological polar surface area (TPSA) is 64.3 Å². The second kappa shape index (κ2) is 5.09. The number of carboxylic acids is 1. The third-order valence-electron chi connectivity index (χ3n) is 3.18. The molecule has 0 amide bonds. The number of rotatable bonds is 5. The minimum absolute atomic E-state index is 0.0456. The number of nitrogens with zero attached hydrogens (tertiary/aromatic N) is 2. The summed E-state index contributed by atoms with van der Waals surface area (Å²) < 4.78 is 0. The van der Waals surface area contributed by atoms with E-state index in [-0.39, 0.29) is 6.54 Å². The maximum atomic E-state index is 11.0. The van der Waals surface area contributed by atoms with Gasteiger partial charge in [-0.2, -0.15) is 5.26 Å². The molecular formula is C14H16N2O2. The zero-order chi connectivity index (χ0) is 13.1. The van der Waals surface area contributed by atoms with Gasteiger partial charge in [0.05, 0.1) is 11.3 Å². The van der Waals surface area contributed by atoms with Crippen LogP contribution >= 0.6 is 0 Å². The third-order valence-corrected chi connectivity index (χ3v) is 3.18. The number of anilines is 1. The molecule has 4 heteroatoms. The van der Waals surface area contributed by atoms with Gasteiger partial charge in [-0.15, -0.1) is 0 Å². The first-order chi connectivity index (χ1) is 8.61. The molecule has 94 valence electrons.